The summed E-state index contributed by atoms with van der Waals surface area (Å²) in [6, 6.07) is 10.2. The van der Waals surface area contributed by atoms with Gasteiger partial charge in [0.15, 0.2) is 6.23 Å². The van der Waals surface area contributed by atoms with Gasteiger partial charge in [-0.3, -0.25) is 0 Å². The topological polar surface area (TPSA) is 15.7 Å². The Hall–Kier alpha value is -1.48. The molecule has 0 amide bonds. The summed E-state index contributed by atoms with van der Waals surface area (Å²) < 4.78 is 5.52. The van der Waals surface area contributed by atoms with Crippen LogP contribution in [0.25, 0.3) is 0 Å². The lowest BCUT2D eigenvalue weighted by Crippen LogP contribution is -2.28. The summed E-state index contributed by atoms with van der Waals surface area (Å²) in [7, 11) is 3.79. The van der Waals surface area contributed by atoms with E-state index in [0.29, 0.717) is 0 Å². The van der Waals surface area contributed by atoms with Crippen LogP contribution in [-0.2, 0) is 4.74 Å². The molecule has 80 valence electrons. The quantitative estimate of drug-likeness (QED) is 0.749. The maximum atomic E-state index is 5.52. The minimum Gasteiger partial charge on any atom is -0.362 e. The summed E-state index contributed by atoms with van der Waals surface area (Å²) >= 11 is 0. The highest BCUT2D eigenvalue weighted by molar-refractivity contribution is 5.18. The second-order valence-electron chi connectivity index (χ2n) is 3.71. The van der Waals surface area contributed by atoms with Crippen molar-refractivity contribution in [1.29, 1.82) is 0 Å². The monoisotopic (exact) mass is 204 g/mol. The third-order valence-corrected chi connectivity index (χ3v) is 2.51. The molecule has 0 spiro atoms. The number of hydrogen-bond acceptors (Lipinski definition) is 3. The van der Waals surface area contributed by atoms with Crippen LogP contribution < -0.4 is 0 Å². The van der Waals surface area contributed by atoms with Crippen LogP contribution in [0.15, 0.2) is 42.7 Å². The highest BCUT2D eigenvalue weighted by Gasteiger charge is 2.20. The Morgan fingerprint density at radius 2 is 1.93 bits per heavy atom. The van der Waals surface area contributed by atoms with Crippen molar-refractivity contribution in [3.05, 3.63) is 48.3 Å². The summed E-state index contributed by atoms with van der Waals surface area (Å²) in [5.74, 6) is 0. The molecule has 0 N–H and O–H groups in total. The molecule has 0 saturated carbocycles. The second-order valence-corrected chi connectivity index (χ2v) is 3.71. The van der Waals surface area contributed by atoms with Crippen molar-refractivity contribution in [3.63, 3.8) is 0 Å². The molecule has 1 aliphatic heterocycles. The molecule has 1 aromatic carbocycles. The second kappa shape index (κ2) is 4.36. The standard InChI is InChI=1S/C12H16N2O/c1-13-8-9-14(10-13)12(15-2)11-6-4-3-5-7-11/h3-9,12H,10H2,1-2H3. The Kier molecular flexibility index (Phi) is 2.92. The van der Waals surface area contributed by atoms with Gasteiger partial charge in [-0.15, -0.1) is 0 Å². The molecule has 15 heavy (non-hydrogen) atoms. The highest BCUT2D eigenvalue weighted by atomic mass is 16.5. The summed E-state index contributed by atoms with van der Waals surface area (Å²) in [5, 5.41) is 0. The van der Waals surface area contributed by atoms with Gasteiger partial charge < -0.3 is 14.5 Å². The maximum Gasteiger partial charge on any atom is 0.157 e. The van der Waals surface area contributed by atoms with E-state index < -0.39 is 0 Å². The molecule has 1 atom stereocenters. The van der Waals surface area contributed by atoms with Crippen LogP contribution in [-0.4, -0.2) is 30.6 Å². The van der Waals surface area contributed by atoms with E-state index in [4.69, 9.17) is 4.74 Å². The van der Waals surface area contributed by atoms with Gasteiger partial charge in [0.2, 0.25) is 0 Å². The molecule has 0 bridgehead atoms. The Bertz CT molecular complexity index is 337. The summed E-state index contributed by atoms with van der Waals surface area (Å²) in [6.45, 7) is 0.868. The Balaban J connectivity index is 2.15. The zero-order chi connectivity index (χ0) is 10.7. The van der Waals surface area contributed by atoms with Crippen molar-refractivity contribution in [1.82, 2.24) is 9.80 Å². The van der Waals surface area contributed by atoms with Crippen LogP contribution in [0, 0.1) is 0 Å². The van der Waals surface area contributed by atoms with E-state index >= 15 is 0 Å². The fourth-order valence-electron chi connectivity index (χ4n) is 1.78. The maximum absolute atomic E-state index is 5.52. The zero-order valence-electron chi connectivity index (χ0n) is 9.13. The number of nitrogens with zero attached hydrogens (tertiary/aromatic N) is 2. The normalized spacial score (nSPS) is 17.2. The third-order valence-electron chi connectivity index (χ3n) is 2.51. The van der Waals surface area contributed by atoms with Crippen LogP contribution in [0.5, 0.6) is 0 Å². The molecular formula is C12H16N2O. The van der Waals surface area contributed by atoms with Gasteiger partial charge in [0.05, 0.1) is 6.67 Å². The summed E-state index contributed by atoms with van der Waals surface area (Å²) in [5.41, 5.74) is 1.18. The molecule has 2 rings (SSSR count). The molecule has 0 radical (unpaired) electrons. The first-order valence-electron chi connectivity index (χ1n) is 5.03. The van der Waals surface area contributed by atoms with E-state index in [9.17, 15) is 0 Å². The number of benzene rings is 1. The van der Waals surface area contributed by atoms with Crippen molar-refractivity contribution in [2.45, 2.75) is 6.23 Å². The van der Waals surface area contributed by atoms with E-state index in [2.05, 4.69) is 34.3 Å². The van der Waals surface area contributed by atoms with Crippen molar-refractivity contribution in [2.24, 2.45) is 0 Å². The van der Waals surface area contributed by atoms with Crippen LogP contribution in [0.1, 0.15) is 11.8 Å². The lowest BCUT2D eigenvalue weighted by Gasteiger charge is -2.27. The fraction of sp³-hybridized carbons (Fsp3) is 0.333. The average molecular weight is 204 g/mol. The molecule has 0 aromatic heterocycles. The van der Waals surface area contributed by atoms with Gasteiger partial charge in [0.25, 0.3) is 0 Å². The number of hydrogen-bond donors (Lipinski definition) is 0. The van der Waals surface area contributed by atoms with Crippen molar-refractivity contribution in [2.75, 3.05) is 20.8 Å². The van der Waals surface area contributed by atoms with Gasteiger partial charge in [-0.25, -0.2) is 0 Å². The van der Waals surface area contributed by atoms with E-state index in [0.717, 1.165) is 6.67 Å². The number of rotatable bonds is 3. The molecule has 3 nitrogen and oxygen atoms in total. The molecule has 0 fully saturated rings. The molecule has 0 aliphatic carbocycles. The van der Waals surface area contributed by atoms with Gasteiger partial charge in [-0.2, -0.15) is 0 Å². The van der Waals surface area contributed by atoms with Crippen LogP contribution in [0.3, 0.4) is 0 Å². The van der Waals surface area contributed by atoms with Crippen molar-refractivity contribution < 1.29 is 4.74 Å². The largest absolute Gasteiger partial charge is 0.362 e. The first-order chi connectivity index (χ1) is 7.31. The number of ether oxygens (including phenoxy) is 1. The van der Waals surface area contributed by atoms with Gasteiger partial charge in [-0.1, -0.05) is 30.3 Å². The fourth-order valence-corrected chi connectivity index (χ4v) is 1.78. The summed E-state index contributed by atoms with van der Waals surface area (Å²) in [4.78, 5) is 4.28. The van der Waals surface area contributed by atoms with E-state index in [1.807, 2.05) is 25.2 Å². The summed E-state index contributed by atoms with van der Waals surface area (Å²) in [6.07, 6.45) is 4.11. The lowest BCUT2D eigenvalue weighted by atomic mass is 10.2. The SMILES string of the molecule is COC(c1ccccc1)N1C=CN(C)C1. The number of methoxy groups -OCH3 is 1. The molecule has 1 aromatic rings. The first kappa shape index (κ1) is 10.1. The predicted molar refractivity (Wildman–Crippen MR) is 59.8 cm³/mol. The van der Waals surface area contributed by atoms with Crippen molar-refractivity contribution >= 4 is 0 Å². The smallest absolute Gasteiger partial charge is 0.157 e. The lowest BCUT2D eigenvalue weighted by molar-refractivity contribution is -0.0137. The zero-order valence-corrected chi connectivity index (χ0v) is 9.13. The van der Waals surface area contributed by atoms with Crippen molar-refractivity contribution in [3.8, 4) is 0 Å². The first-order valence-corrected chi connectivity index (χ1v) is 5.03. The van der Waals surface area contributed by atoms with Crippen LogP contribution >= 0.6 is 0 Å². The minimum absolute atomic E-state index is 0.00685. The molecule has 3 heteroatoms. The van der Waals surface area contributed by atoms with E-state index in [1.54, 1.807) is 7.11 Å². The molecular weight excluding hydrogens is 188 g/mol. The van der Waals surface area contributed by atoms with Gasteiger partial charge in [0, 0.05) is 32.1 Å². The van der Waals surface area contributed by atoms with E-state index in [-0.39, 0.29) is 6.23 Å². The molecule has 1 unspecified atom stereocenters. The predicted octanol–water partition coefficient (Wildman–Crippen LogP) is 2.01. The Morgan fingerprint density at radius 1 is 1.20 bits per heavy atom. The Morgan fingerprint density at radius 3 is 2.47 bits per heavy atom. The van der Waals surface area contributed by atoms with Gasteiger partial charge >= 0.3 is 0 Å². The van der Waals surface area contributed by atoms with E-state index in [1.165, 1.54) is 5.56 Å². The van der Waals surface area contributed by atoms with Crippen LogP contribution in [0.2, 0.25) is 0 Å². The molecule has 0 saturated heterocycles. The molecule has 1 aliphatic rings. The molecule has 1 heterocycles. The minimum atomic E-state index is 0.00685. The van der Waals surface area contributed by atoms with Gasteiger partial charge in [-0.05, 0) is 0 Å². The van der Waals surface area contributed by atoms with Gasteiger partial charge in [0.1, 0.15) is 0 Å². The average Bonchev–Trinajstić information content (AvgIpc) is 2.68. The third kappa shape index (κ3) is 2.13. The van der Waals surface area contributed by atoms with Crippen LogP contribution in [0.4, 0.5) is 0 Å². The highest BCUT2D eigenvalue weighted by Crippen LogP contribution is 2.23. The Labute approximate surface area is 90.6 Å².